The van der Waals surface area contributed by atoms with Crippen molar-refractivity contribution >= 4 is 23.9 Å². The fraction of sp³-hybridized carbons (Fsp3) is 0.692. The van der Waals surface area contributed by atoms with Crippen molar-refractivity contribution in [3.63, 3.8) is 0 Å². The predicted octanol–water partition coefficient (Wildman–Crippen LogP) is 0.455. The number of nitrogens with one attached hydrogen (secondary N) is 2. The monoisotopic (exact) mass is 300 g/mol. The minimum atomic E-state index is -1.58. The molecule has 0 saturated carbocycles. The Morgan fingerprint density at radius 1 is 0.810 bits per heavy atom. The van der Waals surface area contributed by atoms with Gasteiger partial charge in [0.2, 0.25) is 11.8 Å². The van der Waals surface area contributed by atoms with Gasteiger partial charge in [-0.1, -0.05) is 27.7 Å². The lowest BCUT2D eigenvalue weighted by Gasteiger charge is -2.33. The summed E-state index contributed by atoms with van der Waals surface area (Å²) in [4.78, 5) is 46.6. The van der Waals surface area contributed by atoms with Gasteiger partial charge in [0.05, 0.1) is 0 Å². The molecule has 0 atom stereocenters. The molecule has 0 spiro atoms. The van der Waals surface area contributed by atoms with Crippen LogP contribution < -0.4 is 22.1 Å². The van der Waals surface area contributed by atoms with Crippen molar-refractivity contribution in [3.8, 4) is 0 Å². The first-order valence-corrected chi connectivity index (χ1v) is 6.73. The number of hydrogen-bond donors (Lipinski definition) is 4. The van der Waals surface area contributed by atoms with Crippen LogP contribution in [0.1, 0.15) is 40.5 Å². The van der Waals surface area contributed by atoms with Crippen LogP contribution in [0, 0.1) is 17.3 Å². The van der Waals surface area contributed by atoms with Crippen molar-refractivity contribution in [3.05, 3.63) is 0 Å². The smallest absolute Gasteiger partial charge is 0.318 e. The van der Waals surface area contributed by atoms with Crippen LogP contribution in [-0.2, 0) is 9.59 Å². The first-order chi connectivity index (χ1) is 9.51. The molecule has 0 aliphatic heterocycles. The van der Waals surface area contributed by atoms with Crippen LogP contribution >= 0.6 is 0 Å². The van der Waals surface area contributed by atoms with Crippen LogP contribution in [0.2, 0.25) is 0 Å². The van der Waals surface area contributed by atoms with Crippen molar-refractivity contribution in [2.45, 2.75) is 40.5 Å². The summed E-state index contributed by atoms with van der Waals surface area (Å²) >= 11 is 0. The van der Waals surface area contributed by atoms with Crippen molar-refractivity contribution in [1.82, 2.24) is 10.6 Å². The topological polar surface area (TPSA) is 144 Å². The first kappa shape index (κ1) is 18.9. The molecule has 0 aliphatic carbocycles. The Hall–Kier alpha value is -2.12. The lowest BCUT2D eigenvalue weighted by Crippen LogP contribution is -2.56. The summed E-state index contributed by atoms with van der Waals surface area (Å²) in [7, 11) is 0. The highest BCUT2D eigenvalue weighted by atomic mass is 16.2. The molecule has 0 heterocycles. The minimum absolute atomic E-state index is 0.0268. The van der Waals surface area contributed by atoms with Crippen molar-refractivity contribution in [2.24, 2.45) is 28.7 Å². The van der Waals surface area contributed by atoms with E-state index in [0.717, 1.165) is 0 Å². The summed E-state index contributed by atoms with van der Waals surface area (Å²) in [6, 6.07) is -2.10. The zero-order chi connectivity index (χ0) is 16.8. The highest BCUT2D eigenvalue weighted by Crippen LogP contribution is 2.34. The standard InChI is InChI=1S/C13H24N4O4/c1-7(2)5-13(6-8(3)4,9(18)16-11(14)20)10(19)17-12(15)21/h7-8H,5-6H2,1-4H3,(H3,14,16,18,20)(H3,15,17,19,21). The van der Waals surface area contributed by atoms with Gasteiger partial charge in [-0.25, -0.2) is 9.59 Å². The number of nitrogens with two attached hydrogens (primary N) is 2. The van der Waals surface area contributed by atoms with Crippen LogP contribution in [0.4, 0.5) is 9.59 Å². The third-order valence-electron chi connectivity index (χ3n) is 2.86. The third kappa shape index (κ3) is 5.80. The van der Waals surface area contributed by atoms with Crippen LogP contribution in [0.15, 0.2) is 0 Å². The van der Waals surface area contributed by atoms with Crippen LogP contribution in [0.3, 0.4) is 0 Å². The molecule has 0 rings (SSSR count). The number of rotatable bonds is 6. The molecule has 0 unspecified atom stereocenters. The second kappa shape index (κ2) is 7.61. The molecule has 6 N–H and O–H groups in total. The number of primary amides is 2. The van der Waals surface area contributed by atoms with Crippen LogP contribution in [0.25, 0.3) is 0 Å². The van der Waals surface area contributed by atoms with Crippen molar-refractivity contribution in [1.29, 1.82) is 0 Å². The lowest BCUT2D eigenvalue weighted by molar-refractivity contribution is -0.144. The van der Waals surface area contributed by atoms with E-state index >= 15 is 0 Å². The number of hydrogen-bond acceptors (Lipinski definition) is 4. The van der Waals surface area contributed by atoms with E-state index in [1.165, 1.54) is 0 Å². The molecule has 8 nitrogen and oxygen atoms in total. The van der Waals surface area contributed by atoms with Gasteiger partial charge in [0.25, 0.3) is 0 Å². The largest absolute Gasteiger partial charge is 0.351 e. The molecule has 0 aliphatic rings. The Labute approximate surface area is 124 Å². The predicted molar refractivity (Wildman–Crippen MR) is 76.8 cm³/mol. The summed E-state index contributed by atoms with van der Waals surface area (Å²) in [6.07, 6.45) is 0.312. The SMILES string of the molecule is CC(C)CC(CC(C)C)(C(=O)NC(N)=O)C(=O)NC(N)=O. The van der Waals surface area contributed by atoms with Crippen LogP contribution in [-0.4, -0.2) is 23.9 Å². The fourth-order valence-corrected chi connectivity index (χ4v) is 2.41. The molecule has 0 bridgehead atoms. The summed E-state index contributed by atoms with van der Waals surface area (Å²) < 4.78 is 0. The third-order valence-corrected chi connectivity index (χ3v) is 2.86. The zero-order valence-corrected chi connectivity index (χ0v) is 12.9. The van der Waals surface area contributed by atoms with Gasteiger partial charge >= 0.3 is 12.1 Å². The van der Waals surface area contributed by atoms with Gasteiger partial charge in [-0.15, -0.1) is 0 Å². The molecule has 0 saturated heterocycles. The number of carbonyl (C=O) groups is 4. The quantitative estimate of drug-likeness (QED) is 0.528. The van der Waals surface area contributed by atoms with Crippen molar-refractivity contribution < 1.29 is 19.2 Å². The Balaban J connectivity index is 5.71. The Kier molecular flexibility index (Phi) is 6.84. The molecule has 8 heteroatoms. The number of urea groups is 2. The van der Waals surface area contributed by atoms with Crippen molar-refractivity contribution in [2.75, 3.05) is 0 Å². The van der Waals surface area contributed by atoms with Gasteiger partial charge < -0.3 is 11.5 Å². The van der Waals surface area contributed by atoms with E-state index in [1.807, 2.05) is 38.3 Å². The molecule has 0 fully saturated rings. The second-order valence-corrected chi connectivity index (χ2v) is 5.91. The highest BCUT2D eigenvalue weighted by Gasteiger charge is 2.47. The normalized spacial score (nSPS) is 11.3. The average molecular weight is 300 g/mol. The van der Waals surface area contributed by atoms with Gasteiger partial charge in [0, 0.05) is 0 Å². The molecule has 0 radical (unpaired) electrons. The van der Waals surface area contributed by atoms with Gasteiger partial charge in [-0.3, -0.25) is 20.2 Å². The van der Waals surface area contributed by atoms with E-state index < -0.39 is 29.3 Å². The number of imide groups is 2. The maximum absolute atomic E-state index is 12.3. The van der Waals surface area contributed by atoms with E-state index in [1.54, 1.807) is 0 Å². The molecule has 0 aromatic heterocycles. The maximum atomic E-state index is 12.3. The molecule has 6 amide bonds. The first-order valence-electron chi connectivity index (χ1n) is 6.73. The molecule has 0 aromatic rings. The maximum Gasteiger partial charge on any atom is 0.318 e. The fourth-order valence-electron chi connectivity index (χ4n) is 2.41. The minimum Gasteiger partial charge on any atom is -0.351 e. The van der Waals surface area contributed by atoms with E-state index in [0.29, 0.717) is 0 Å². The summed E-state index contributed by atoms with van der Waals surface area (Å²) in [5.41, 5.74) is 8.34. The molecular formula is C13H24N4O4. The summed E-state index contributed by atoms with van der Waals surface area (Å²) in [5, 5.41) is 3.87. The lowest BCUT2D eigenvalue weighted by atomic mass is 9.72. The van der Waals surface area contributed by atoms with Gasteiger partial charge in [0.15, 0.2) is 0 Å². The molecular weight excluding hydrogens is 276 g/mol. The molecule has 120 valence electrons. The zero-order valence-electron chi connectivity index (χ0n) is 12.9. The van der Waals surface area contributed by atoms with E-state index in [9.17, 15) is 19.2 Å². The summed E-state index contributed by atoms with van der Waals surface area (Å²) in [6.45, 7) is 7.29. The molecule has 21 heavy (non-hydrogen) atoms. The number of carbonyl (C=O) groups excluding carboxylic acids is 4. The Morgan fingerprint density at radius 3 is 1.29 bits per heavy atom. The molecule has 0 aromatic carbocycles. The second-order valence-electron chi connectivity index (χ2n) is 5.91. The summed E-state index contributed by atoms with van der Waals surface area (Å²) in [5.74, 6) is -1.70. The van der Waals surface area contributed by atoms with E-state index in [-0.39, 0.29) is 24.7 Å². The Morgan fingerprint density at radius 2 is 1.10 bits per heavy atom. The highest BCUT2D eigenvalue weighted by molar-refractivity contribution is 6.12. The van der Waals surface area contributed by atoms with Gasteiger partial charge in [-0.05, 0) is 24.7 Å². The van der Waals surface area contributed by atoms with Gasteiger partial charge in [0.1, 0.15) is 5.41 Å². The Bertz CT molecular complexity index is 392. The number of amides is 6. The van der Waals surface area contributed by atoms with Crippen LogP contribution in [0.5, 0.6) is 0 Å². The van der Waals surface area contributed by atoms with E-state index in [2.05, 4.69) is 0 Å². The van der Waals surface area contributed by atoms with Gasteiger partial charge in [-0.2, -0.15) is 0 Å². The van der Waals surface area contributed by atoms with E-state index in [4.69, 9.17) is 11.5 Å². The average Bonchev–Trinajstić information content (AvgIpc) is 2.24.